The molecule has 1 unspecified atom stereocenters. The number of benzene rings is 1. The zero-order chi connectivity index (χ0) is 23.2. The van der Waals surface area contributed by atoms with Gasteiger partial charge in [-0.15, -0.1) is 0 Å². The summed E-state index contributed by atoms with van der Waals surface area (Å²) in [6, 6.07) is 2.01. The third-order valence-electron chi connectivity index (χ3n) is 6.08. The zero-order valence-corrected chi connectivity index (χ0v) is 18.5. The summed E-state index contributed by atoms with van der Waals surface area (Å²) in [6.45, 7) is 6.08. The number of amides is 1. The lowest BCUT2D eigenvalue weighted by Gasteiger charge is -2.38. The van der Waals surface area contributed by atoms with Crippen LogP contribution < -0.4 is 20.9 Å². The number of nitrogens with one attached hydrogen (secondary N) is 3. The molecule has 3 N–H and O–H groups in total. The number of anilines is 3. The molecule has 0 saturated heterocycles. The number of halogens is 3. The molecule has 2 aliphatic rings. The summed E-state index contributed by atoms with van der Waals surface area (Å²) in [4.78, 5) is 23.5. The standard InChI is InChI=1S/C22H27F3N6O/c1-10(2)19-21(32)29-18-11(3)27-22(30-20(18)31(19)4)28-14-7-13(8-14)26-9-12-5-15(23)17(25)16(24)6-12/h5-6,10,13-14,19,26H,7-9H2,1-4H3,(H,29,32)(H,27,28,30). The second kappa shape index (κ2) is 8.57. The summed E-state index contributed by atoms with van der Waals surface area (Å²) in [5, 5.41) is 9.48. The van der Waals surface area contributed by atoms with Crippen molar-refractivity contribution in [2.75, 3.05) is 22.6 Å². The molecule has 1 fully saturated rings. The van der Waals surface area contributed by atoms with Crippen molar-refractivity contribution in [2.45, 2.75) is 58.3 Å². The van der Waals surface area contributed by atoms with E-state index in [9.17, 15) is 18.0 Å². The molecule has 1 aromatic heterocycles. The van der Waals surface area contributed by atoms with Crippen molar-refractivity contribution in [1.29, 1.82) is 0 Å². The molecule has 1 aliphatic heterocycles. The number of hydrogen-bond acceptors (Lipinski definition) is 6. The predicted octanol–water partition coefficient (Wildman–Crippen LogP) is 3.35. The van der Waals surface area contributed by atoms with Gasteiger partial charge in [0.2, 0.25) is 11.9 Å². The van der Waals surface area contributed by atoms with E-state index in [0.717, 1.165) is 25.0 Å². The van der Waals surface area contributed by atoms with Gasteiger partial charge in [-0.3, -0.25) is 4.79 Å². The Kier molecular flexibility index (Phi) is 5.98. The Labute approximate surface area is 184 Å². The highest BCUT2D eigenvalue weighted by molar-refractivity contribution is 6.03. The molecule has 4 rings (SSSR count). The van der Waals surface area contributed by atoms with Gasteiger partial charge in [0.15, 0.2) is 23.3 Å². The number of carbonyl (C=O) groups excluding carboxylic acids is 1. The Balaban J connectivity index is 1.36. The van der Waals surface area contributed by atoms with Crippen molar-refractivity contribution in [1.82, 2.24) is 15.3 Å². The highest BCUT2D eigenvalue weighted by Crippen LogP contribution is 2.35. The molecule has 7 nitrogen and oxygen atoms in total. The van der Waals surface area contributed by atoms with Gasteiger partial charge < -0.3 is 20.9 Å². The van der Waals surface area contributed by atoms with E-state index in [0.29, 0.717) is 28.7 Å². The van der Waals surface area contributed by atoms with Crippen molar-refractivity contribution in [3.05, 3.63) is 40.8 Å². The highest BCUT2D eigenvalue weighted by Gasteiger charge is 2.36. The Hall–Kier alpha value is -2.88. The van der Waals surface area contributed by atoms with Crippen LogP contribution >= 0.6 is 0 Å². The van der Waals surface area contributed by atoms with E-state index in [1.165, 1.54) is 0 Å². The molecule has 0 spiro atoms. The second-order valence-electron chi connectivity index (χ2n) is 8.88. The predicted molar refractivity (Wildman–Crippen MR) is 116 cm³/mol. The van der Waals surface area contributed by atoms with Gasteiger partial charge in [0, 0.05) is 25.7 Å². The maximum atomic E-state index is 13.3. The fraction of sp³-hybridized carbons (Fsp3) is 0.500. The average Bonchev–Trinajstić information content (AvgIpc) is 2.68. The lowest BCUT2D eigenvalue weighted by molar-refractivity contribution is -0.118. The van der Waals surface area contributed by atoms with Gasteiger partial charge in [0.25, 0.3) is 0 Å². The number of likely N-dealkylation sites (N-methyl/N-ethyl adjacent to an activating group) is 1. The molecule has 0 bridgehead atoms. The number of nitrogens with zero attached hydrogens (tertiary/aromatic N) is 3. The van der Waals surface area contributed by atoms with Crippen molar-refractivity contribution >= 4 is 23.4 Å². The minimum absolute atomic E-state index is 0.0590. The third kappa shape index (κ3) is 4.23. The number of fused-ring (bicyclic) bond motifs is 1. The van der Waals surface area contributed by atoms with E-state index < -0.39 is 17.5 Å². The maximum absolute atomic E-state index is 13.3. The SMILES string of the molecule is Cc1nc(NC2CC(NCc3cc(F)c(F)c(F)c3)C2)nc2c1NC(=O)C(C(C)C)N2C. The molecule has 2 aromatic rings. The van der Waals surface area contributed by atoms with Crippen LogP contribution in [0.2, 0.25) is 0 Å². The van der Waals surface area contributed by atoms with Gasteiger partial charge in [0.1, 0.15) is 11.7 Å². The van der Waals surface area contributed by atoms with Crippen LogP contribution in [0.25, 0.3) is 0 Å². The fourth-order valence-corrected chi connectivity index (χ4v) is 4.34. The Morgan fingerprint density at radius 1 is 1.16 bits per heavy atom. The van der Waals surface area contributed by atoms with Gasteiger partial charge in [-0.05, 0) is 43.4 Å². The minimum Gasteiger partial charge on any atom is -0.351 e. The van der Waals surface area contributed by atoms with Gasteiger partial charge in [0.05, 0.1) is 5.69 Å². The monoisotopic (exact) mass is 448 g/mol. The van der Waals surface area contributed by atoms with E-state index >= 15 is 0 Å². The van der Waals surface area contributed by atoms with Crippen LogP contribution in [0.3, 0.4) is 0 Å². The van der Waals surface area contributed by atoms with E-state index in [4.69, 9.17) is 0 Å². The normalized spacial score (nSPS) is 22.4. The van der Waals surface area contributed by atoms with Gasteiger partial charge in [-0.25, -0.2) is 18.2 Å². The molecule has 1 aliphatic carbocycles. The molecule has 0 radical (unpaired) electrons. The average molecular weight is 448 g/mol. The molecular weight excluding hydrogens is 421 g/mol. The van der Waals surface area contributed by atoms with Crippen LogP contribution in [0.4, 0.5) is 30.6 Å². The third-order valence-corrected chi connectivity index (χ3v) is 6.08. The van der Waals surface area contributed by atoms with Crippen LogP contribution in [0.5, 0.6) is 0 Å². The lowest BCUT2D eigenvalue weighted by atomic mass is 9.86. The summed E-state index contributed by atoms with van der Waals surface area (Å²) in [5.74, 6) is -2.57. The van der Waals surface area contributed by atoms with Gasteiger partial charge in [-0.2, -0.15) is 4.98 Å². The van der Waals surface area contributed by atoms with Crippen molar-refractivity contribution in [3.8, 4) is 0 Å². The fourth-order valence-electron chi connectivity index (χ4n) is 4.34. The molecule has 2 heterocycles. The first-order chi connectivity index (χ1) is 15.1. The lowest BCUT2D eigenvalue weighted by Crippen LogP contribution is -2.50. The van der Waals surface area contributed by atoms with E-state index in [1.807, 2.05) is 32.7 Å². The van der Waals surface area contributed by atoms with Gasteiger partial charge >= 0.3 is 0 Å². The second-order valence-corrected chi connectivity index (χ2v) is 8.88. The van der Waals surface area contributed by atoms with E-state index in [-0.39, 0.29) is 36.5 Å². The molecule has 1 amide bonds. The Bertz CT molecular complexity index is 1020. The first kappa shape index (κ1) is 22.3. The van der Waals surface area contributed by atoms with Crippen LogP contribution in [0.15, 0.2) is 12.1 Å². The van der Waals surface area contributed by atoms with Crippen LogP contribution in [-0.2, 0) is 11.3 Å². The summed E-state index contributed by atoms with van der Waals surface area (Å²) in [6.07, 6.45) is 1.57. The van der Waals surface area contributed by atoms with Gasteiger partial charge in [-0.1, -0.05) is 13.8 Å². The number of aryl methyl sites for hydroxylation is 1. The van der Waals surface area contributed by atoms with Crippen molar-refractivity contribution < 1.29 is 18.0 Å². The van der Waals surface area contributed by atoms with E-state index in [1.54, 1.807) is 0 Å². The van der Waals surface area contributed by atoms with E-state index in [2.05, 4.69) is 25.9 Å². The number of hydrogen-bond donors (Lipinski definition) is 3. The smallest absolute Gasteiger partial charge is 0.247 e. The van der Waals surface area contributed by atoms with Crippen molar-refractivity contribution in [2.24, 2.45) is 5.92 Å². The maximum Gasteiger partial charge on any atom is 0.247 e. The molecule has 1 aromatic carbocycles. The summed E-state index contributed by atoms with van der Waals surface area (Å²) in [7, 11) is 1.86. The van der Waals surface area contributed by atoms with Crippen LogP contribution in [0.1, 0.15) is 37.9 Å². The summed E-state index contributed by atoms with van der Waals surface area (Å²) in [5.41, 5.74) is 1.68. The van der Waals surface area contributed by atoms with Crippen molar-refractivity contribution in [3.63, 3.8) is 0 Å². The van der Waals surface area contributed by atoms with Crippen LogP contribution in [-0.4, -0.2) is 41.0 Å². The number of carbonyl (C=O) groups is 1. The summed E-state index contributed by atoms with van der Waals surface area (Å²) < 4.78 is 39.8. The molecule has 1 atom stereocenters. The first-order valence-electron chi connectivity index (χ1n) is 10.7. The Morgan fingerprint density at radius 3 is 2.44 bits per heavy atom. The number of rotatable bonds is 6. The minimum atomic E-state index is -1.45. The molecule has 32 heavy (non-hydrogen) atoms. The highest BCUT2D eigenvalue weighted by atomic mass is 19.2. The Morgan fingerprint density at radius 2 is 1.81 bits per heavy atom. The topological polar surface area (TPSA) is 82.2 Å². The first-order valence-corrected chi connectivity index (χ1v) is 10.7. The largest absolute Gasteiger partial charge is 0.351 e. The zero-order valence-electron chi connectivity index (χ0n) is 18.5. The molecular formula is C22H27F3N6O. The molecule has 172 valence electrons. The molecule has 1 saturated carbocycles. The number of aromatic nitrogens is 2. The summed E-state index contributed by atoms with van der Waals surface area (Å²) >= 11 is 0. The quantitative estimate of drug-likeness (QED) is 0.588. The molecule has 10 heteroatoms. The van der Waals surface area contributed by atoms with Crippen LogP contribution in [0, 0.1) is 30.3 Å².